The van der Waals surface area contributed by atoms with Gasteiger partial charge in [-0.05, 0) is 12.8 Å². The summed E-state index contributed by atoms with van der Waals surface area (Å²) < 4.78 is 38.6. The molecule has 0 spiro atoms. The van der Waals surface area contributed by atoms with Crippen molar-refractivity contribution in [3.05, 3.63) is 17.0 Å². The Bertz CT molecular complexity index is 420. The lowest BCUT2D eigenvalue weighted by molar-refractivity contribution is -0.142. The van der Waals surface area contributed by atoms with Gasteiger partial charge in [-0.1, -0.05) is 0 Å². The molecule has 0 saturated carbocycles. The van der Waals surface area contributed by atoms with Crippen molar-refractivity contribution in [2.75, 3.05) is 0 Å². The third kappa shape index (κ3) is 1.53. The van der Waals surface area contributed by atoms with Crippen molar-refractivity contribution in [3.63, 3.8) is 0 Å². The zero-order valence-corrected chi connectivity index (χ0v) is 8.06. The summed E-state index contributed by atoms with van der Waals surface area (Å²) >= 11 is 0. The first kappa shape index (κ1) is 10.2. The first-order chi connectivity index (χ1) is 6.91. The second-order valence-corrected chi connectivity index (χ2v) is 3.57. The summed E-state index contributed by atoms with van der Waals surface area (Å²) in [5.74, 6) is -0.248. The summed E-state index contributed by atoms with van der Waals surface area (Å²) in [5, 5.41) is 3.38. The third-order valence-electron chi connectivity index (χ3n) is 2.51. The molecule has 2 rings (SSSR count). The van der Waals surface area contributed by atoms with Crippen molar-refractivity contribution in [2.24, 2.45) is 7.05 Å². The van der Waals surface area contributed by atoms with Crippen molar-refractivity contribution in [3.8, 4) is 0 Å². The molecule has 1 aliphatic rings. The molecule has 0 unspecified atom stereocenters. The molecule has 0 amide bonds. The number of halogens is 3. The van der Waals surface area contributed by atoms with E-state index in [0.29, 0.717) is 12.8 Å². The summed E-state index contributed by atoms with van der Waals surface area (Å²) in [6.45, 7) is 0. The van der Waals surface area contributed by atoms with Crippen molar-refractivity contribution in [1.82, 2.24) is 9.78 Å². The van der Waals surface area contributed by atoms with Crippen LogP contribution >= 0.6 is 0 Å². The highest BCUT2D eigenvalue weighted by Gasteiger charge is 2.40. The van der Waals surface area contributed by atoms with E-state index in [4.69, 9.17) is 0 Å². The van der Waals surface area contributed by atoms with Gasteiger partial charge in [0.05, 0.1) is 0 Å². The number of Topliss-reactive ketones (excluding diaryl/α,β-unsaturated/α-hetero) is 1. The van der Waals surface area contributed by atoms with Crippen molar-refractivity contribution in [2.45, 2.75) is 25.4 Å². The van der Waals surface area contributed by atoms with Crippen LogP contribution in [-0.4, -0.2) is 15.6 Å². The van der Waals surface area contributed by atoms with Crippen LogP contribution in [0.3, 0.4) is 0 Å². The molecule has 0 radical (unpaired) electrons. The van der Waals surface area contributed by atoms with E-state index in [1.165, 1.54) is 7.05 Å². The van der Waals surface area contributed by atoms with E-state index >= 15 is 0 Å². The lowest BCUT2D eigenvalue weighted by Gasteiger charge is -2.12. The Labute approximate surface area is 83.9 Å². The number of hydrogen-bond acceptors (Lipinski definition) is 2. The minimum absolute atomic E-state index is 0.0567. The van der Waals surface area contributed by atoms with Gasteiger partial charge in [-0.2, -0.15) is 18.3 Å². The zero-order chi connectivity index (χ0) is 11.2. The van der Waals surface area contributed by atoms with Crippen molar-refractivity contribution in [1.29, 1.82) is 0 Å². The second-order valence-electron chi connectivity index (χ2n) is 3.57. The van der Waals surface area contributed by atoms with E-state index in [1.54, 1.807) is 0 Å². The molecule has 0 bridgehead atoms. The van der Waals surface area contributed by atoms with E-state index < -0.39 is 11.9 Å². The molecule has 1 heterocycles. The Balaban J connectivity index is 2.61. The Morgan fingerprint density at radius 2 is 2.00 bits per heavy atom. The van der Waals surface area contributed by atoms with E-state index in [0.717, 1.165) is 4.68 Å². The fourth-order valence-corrected chi connectivity index (χ4v) is 1.93. The van der Waals surface area contributed by atoms with Gasteiger partial charge >= 0.3 is 6.18 Å². The maximum absolute atomic E-state index is 12.5. The average Bonchev–Trinajstić information content (AvgIpc) is 2.44. The van der Waals surface area contributed by atoms with Crippen molar-refractivity contribution < 1.29 is 18.0 Å². The van der Waals surface area contributed by atoms with Gasteiger partial charge in [0.15, 0.2) is 11.5 Å². The SMILES string of the molecule is Cn1nc(C(F)(F)F)c2c1C(=O)CCC2. The van der Waals surface area contributed by atoms with Crippen LogP contribution in [0.4, 0.5) is 13.2 Å². The minimum atomic E-state index is -4.47. The number of rotatable bonds is 0. The Kier molecular flexibility index (Phi) is 2.09. The van der Waals surface area contributed by atoms with Crippen LogP contribution in [-0.2, 0) is 19.6 Å². The standard InChI is InChI=1S/C9H9F3N2O/c1-14-7-5(3-2-4-6(7)15)8(13-14)9(10,11)12/h2-4H2,1H3. The highest BCUT2D eigenvalue weighted by atomic mass is 19.4. The van der Waals surface area contributed by atoms with Gasteiger partial charge in [-0.25, -0.2) is 0 Å². The lowest BCUT2D eigenvalue weighted by atomic mass is 9.94. The maximum atomic E-state index is 12.5. The quantitative estimate of drug-likeness (QED) is 0.667. The molecular formula is C9H9F3N2O. The number of nitrogens with zero attached hydrogens (tertiary/aromatic N) is 2. The number of carbonyl (C=O) groups excluding carboxylic acids is 1. The van der Waals surface area contributed by atoms with E-state index in [9.17, 15) is 18.0 Å². The molecule has 1 aliphatic carbocycles. The Hall–Kier alpha value is -1.33. The molecule has 3 nitrogen and oxygen atoms in total. The van der Waals surface area contributed by atoms with Gasteiger partial charge in [-0.3, -0.25) is 9.48 Å². The summed E-state index contributed by atoms with van der Waals surface area (Å²) in [6.07, 6.45) is -3.41. The number of aromatic nitrogens is 2. The fraction of sp³-hybridized carbons (Fsp3) is 0.556. The number of fused-ring (bicyclic) bond motifs is 1. The van der Waals surface area contributed by atoms with Crippen LogP contribution in [0.2, 0.25) is 0 Å². The number of carbonyl (C=O) groups is 1. The number of ketones is 1. The molecule has 0 aliphatic heterocycles. The van der Waals surface area contributed by atoms with Crippen LogP contribution in [0, 0.1) is 0 Å². The predicted molar refractivity (Wildman–Crippen MR) is 45.5 cm³/mol. The summed E-state index contributed by atoms with van der Waals surface area (Å²) in [7, 11) is 1.37. The van der Waals surface area contributed by atoms with Crippen LogP contribution in [0.1, 0.15) is 34.6 Å². The molecular weight excluding hydrogens is 209 g/mol. The molecule has 82 valence electrons. The molecule has 0 saturated heterocycles. The topological polar surface area (TPSA) is 34.9 Å². The third-order valence-corrected chi connectivity index (χ3v) is 2.51. The van der Waals surface area contributed by atoms with E-state index in [1.807, 2.05) is 0 Å². The molecule has 1 aromatic heterocycles. The first-order valence-electron chi connectivity index (χ1n) is 4.57. The molecule has 6 heteroatoms. The van der Waals surface area contributed by atoms with Crippen molar-refractivity contribution >= 4 is 5.78 Å². The normalized spacial score (nSPS) is 16.7. The van der Waals surface area contributed by atoms with Gasteiger partial charge in [0, 0.05) is 19.0 Å². The number of alkyl halides is 3. The summed E-state index contributed by atoms with van der Waals surface area (Å²) in [4.78, 5) is 11.4. The highest BCUT2D eigenvalue weighted by Crippen LogP contribution is 2.35. The Morgan fingerprint density at radius 3 is 2.60 bits per heavy atom. The molecule has 0 N–H and O–H groups in total. The predicted octanol–water partition coefficient (Wildman–Crippen LogP) is 1.96. The summed E-state index contributed by atoms with van der Waals surface area (Å²) in [5.41, 5.74) is -0.733. The van der Waals surface area contributed by atoms with Crippen LogP contribution in [0.15, 0.2) is 0 Å². The molecule has 0 aromatic carbocycles. The highest BCUT2D eigenvalue weighted by molar-refractivity contribution is 5.97. The molecule has 15 heavy (non-hydrogen) atoms. The molecule has 1 aromatic rings. The number of hydrogen-bond donors (Lipinski definition) is 0. The second kappa shape index (κ2) is 3.08. The molecule has 0 fully saturated rings. The van der Waals surface area contributed by atoms with E-state index in [2.05, 4.69) is 5.10 Å². The summed E-state index contributed by atoms with van der Waals surface area (Å²) in [6, 6.07) is 0. The maximum Gasteiger partial charge on any atom is 0.435 e. The largest absolute Gasteiger partial charge is 0.435 e. The smallest absolute Gasteiger partial charge is 0.292 e. The van der Waals surface area contributed by atoms with Crippen LogP contribution in [0.25, 0.3) is 0 Å². The molecule has 0 atom stereocenters. The van der Waals surface area contributed by atoms with Gasteiger partial charge < -0.3 is 0 Å². The first-order valence-corrected chi connectivity index (χ1v) is 4.57. The average molecular weight is 218 g/mol. The van der Waals surface area contributed by atoms with Crippen LogP contribution in [0.5, 0.6) is 0 Å². The van der Waals surface area contributed by atoms with Gasteiger partial charge in [0.1, 0.15) is 5.69 Å². The zero-order valence-electron chi connectivity index (χ0n) is 8.06. The van der Waals surface area contributed by atoms with Crippen LogP contribution < -0.4 is 0 Å². The number of aryl methyl sites for hydroxylation is 1. The minimum Gasteiger partial charge on any atom is -0.292 e. The fourth-order valence-electron chi connectivity index (χ4n) is 1.93. The van der Waals surface area contributed by atoms with Gasteiger partial charge in [-0.15, -0.1) is 0 Å². The van der Waals surface area contributed by atoms with E-state index in [-0.39, 0.29) is 23.5 Å². The Morgan fingerprint density at radius 1 is 1.33 bits per heavy atom. The monoisotopic (exact) mass is 218 g/mol. The van der Waals surface area contributed by atoms with Gasteiger partial charge in [0.25, 0.3) is 0 Å². The van der Waals surface area contributed by atoms with Gasteiger partial charge in [0.2, 0.25) is 0 Å². The lowest BCUT2D eigenvalue weighted by Crippen LogP contribution is -2.15.